The van der Waals surface area contributed by atoms with Crippen LogP contribution in [0.1, 0.15) is 33.9 Å². The molecule has 0 radical (unpaired) electrons. The maximum absolute atomic E-state index is 13.0. The van der Waals surface area contributed by atoms with E-state index in [0.717, 1.165) is 55.6 Å². The number of amides is 1. The molecule has 7 nitrogen and oxygen atoms in total. The highest BCUT2D eigenvalue weighted by molar-refractivity contribution is 5.78. The third-order valence-corrected chi connectivity index (χ3v) is 6.61. The molecule has 1 N–H and O–H groups in total. The molecular weight excluding hydrogens is 433 g/mol. The fourth-order valence-corrected chi connectivity index (χ4v) is 4.42. The van der Waals surface area contributed by atoms with E-state index in [1.165, 1.54) is 28.8 Å². The van der Waals surface area contributed by atoms with Crippen molar-refractivity contribution in [3.8, 4) is 5.75 Å². The molecule has 0 atom stereocenters. The number of nitrogens with one attached hydrogen (secondary N) is 1. The van der Waals surface area contributed by atoms with E-state index in [1.54, 1.807) is 19.2 Å². The minimum atomic E-state index is -0.301. The highest BCUT2D eigenvalue weighted by Crippen LogP contribution is 2.25. The highest BCUT2D eigenvalue weighted by Gasteiger charge is 2.20. The lowest BCUT2D eigenvalue weighted by atomic mass is 10.0. The summed E-state index contributed by atoms with van der Waals surface area (Å²) in [6.45, 7) is 8.32. The van der Waals surface area contributed by atoms with Crippen molar-refractivity contribution in [1.29, 1.82) is 0 Å². The monoisotopic (exact) mass is 465 g/mol. The van der Waals surface area contributed by atoms with Crippen LogP contribution in [0.5, 0.6) is 5.75 Å². The summed E-state index contributed by atoms with van der Waals surface area (Å²) in [4.78, 5) is 14.7. The SMILES string of the molecule is COc1ccc(CN2CCc3nnc(CCNC(=O)Cc4ccc(F)cc4)n3CC2)c(C)c1C. The van der Waals surface area contributed by atoms with Crippen LogP contribution in [0.25, 0.3) is 0 Å². The van der Waals surface area contributed by atoms with Crippen LogP contribution >= 0.6 is 0 Å². The Morgan fingerprint density at radius 1 is 1.06 bits per heavy atom. The first-order valence-corrected chi connectivity index (χ1v) is 11.7. The zero-order valence-corrected chi connectivity index (χ0v) is 20.1. The Hall–Kier alpha value is -3.26. The number of methoxy groups -OCH3 is 1. The summed E-state index contributed by atoms with van der Waals surface area (Å²) in [6.07, 6.45) is 1.70. The highest BCUT2D eigenvalue weighted by atomic mass is 19.1. The van der Waals surface area contributed by atoms with Gasteiger partial charge in [0.25, 0.3) is 0 Å². The second-order valence-electron chi connectivity index (χ2n) is 8.79. The number of aromatic nitrogens is 3. The molecule has 0 saturated heterocycles. The summed E-state index contributed by atoms with van der Waals surface area (Å²) in [5.74, 6) is 2.44. The second kappa shape index (κ2) is 10.8. The van der Waals surface area contributed by atoms with Gasteiger partial charge < -0.3 is 14.6 Å². The molecule has 4 rings (SSSR count). The van der Waals surface area contributed by atoms with Crippen molar-refractivity contribution in [1.82, 2.24) is 25.0 Å². The zero-order valence-electron chi connectivity index (χ0n) is 20.1. The van der Waals surface area contributed by atoms with Crippen LogP contribution < -0.4 is 10.1 Å². The largest absolute Gasteiger partial charge is 0.496 e. The van der Waals surface area contributed by atoms with Crippen molar-refractivity contribution >= 4 is 5.91 Å². The van der Waals surface area contributed by atoms with Gasteiger partial charge in [-0.25, -0.2) is 4.39 Å². The molecule has 1 aliphatic rings. The van der Waals surface area contributed by atoms with Crippen LogP contribution in [-0.2, 0) is 37.1 Å². The van der Waals surface area contributed by atoms with Gasteiger partial charge in [-0.1, -0.05) is 18.2 Å². The Labute approximate surface area is 199 Å². The lowest BCUT2D eigenvalue weighted by molar-refractivity contribution is -0.120. The maximum Gasteiger partial charge on any atom is 0.224 e. The minimum absolute atomic E-state index is 0.0847. The first kappa shape index (κ1) is 23.9. The normalized spacial score (nSPS) is 13.9. The van der Waals surface area contributed by atoms with Gasteiger partial charge in [-0.2, -0.15) is 0 Å². The van der Waals surface area contributed by atoms with Crippen LogP contribution in [0.4, 0.5) is 4.39 Å². The fraction of sp³-hybridized carbons (Fsp3) is 0.423. The number of benzene rings is 2. The van der Waals surface area contributed by atoms with Crippen molar-refractivity contribution in [3.63, 3.8) is 0 Å². The summed E-state index contributed by atoms with van der Waals surface area (Å²) in [5, 5.41) is 11.7. The van der Waals surface area contributed by atoms with Crippen LogP contribution in [0, 0.1) is 19.7 Å². The van der Waals surface area contributed by atoms with E-state index in [-0.39, 0.29) is 18.1 Å². The average Bonchev–Trinajstić information content (AvgIpc) is 3.10. The second-order valence-corrected chi connectivity index (χ2v) is 8.79. The molecule has 2 aromatic carbocycles. The van der Waals surface area contributed by atoms with Crippen LogP contribution in [0.2, 0.25) is 0 Å². The average molecular weight is 466 g/mol. The molecule has 8 heteroatoms. The van der Waals surface area contributed by atoms with E-state index in [2.05, 4.69) is 44.9 Å². The van der Waals surface area contributed by atoms with E-state index < -0.39 is 0 Å². The molecule has 0 fully saturated rings. The quantitative estimate of drug-likeness (QED) is 0.554. The van der Waals surface area contributed by atoms with Gasteiger partial charge in [0.2, 0.25) is 5.91 Å². The van der Waals surface area contributed by atoms with Gasteiger partial charge in [-0.05, 0) is 54.3 Å². The van der Waals surface area contributed by atoms with E-state index >= 15 is 0 Å². The molecule has 1 aromatic heterocycles. The molecule has 0 aliphatic carbocycles. The molecule has 1 aliphatic heterocycles. The van der Waals surface area contributed by atoms with E-state index in [0.29, 0.717) is 13.0 Å². The van der Waals surface area contributed by atoms with Crippen LogP contribution in [-0.4, -0.2) is 52.3 Å². The van der Waals surface area contributed by atoms with Crippen molar-refractivity contribution in [2.75, 3.05) is 26.7 Å². The summed E-state index contributed by atoms with van der Waals surface area (Å²) in [7, 11) is 1.71. The molecule has 3 aromatic rings. The van der Waals surface area contributed by atoms with Gasteiger partial charge in [-0.15, -0.1) is 10.2 Å². The van der Waals surface area contributed by atoms with E-state index in [1.807, 2.05) is 6.07 Å². The Balaban J connectivity index is 1.30. The lowest BCUT2D eigenvalue weighted by Gasteiger charge is -2.22. The number of hydrogen-bond donors (Lipinski definition) is 1. The predicted octanol–water partition coefficient (Wildman–Crippen LogP) is 3.00. The molecule has 0 spiro atoms. The lowest BCUT2D eigenvalue weighted by Crippen LogP contribution is -2.29. The molecule has 0 saturated carbocycles. The molecule has 0 bridgehead atoms. The summed E-state index contributed by atoms with van der Waals surface area (Å²) >= 11 is 0. The number of hydrogen-bond acceptors (Lipinski definition) is 5. The van der Waals surface area contributed by atoms with Crippen molar-refractivity contribution < 1.29 is 13.9 Å². The molecule has 180 valence electrons. The van der Waals surface area contributed by atoms with Crippen molar-refractivity contribution in [2.45, 2.75) is 46.2 Å². The Kier molecular flexibility index (Phi) is 7.57. The number of fused-ring (bicyclic) bond motifs is 1. The minimum Gasteiger partial charge on any atom is -0.496 e. The zero-order chi connectivity index (χ0) is 24.1. The van der Waals surface area contributed by atoms with Crippen LogP contribution in [0.15, 0.2) is 36.4 Å². The number of carbonyl (C=O) groups is 1. The van der Waals surface area contributed by atoms with Gasteiger partial charge >= 0.3 is 0 Å². The van der Waals surface area contributed by atoms with Gasteiger partial charge in [0.1, 0.15) is 23.2 Å². The Bertz CT molecular complexity index is 1140. The summed E-state index contributed by atoms with van der Waals surface area (Å²) in [5.41, 5.74) is 4.58. The molecule has 1 amide bonds. The van der Waals surface area contributed by atoms with Gasteiger partial charge in [-0.3, -0.25) is 9.69 Å². The Morgan fingerprint density at radius 2 is 1.85 bits per heavy atom. The van der Waals surface area contributed by atoms with Gasteiger partial charge in [0, 0.05) is 45.6 Å². The molecule has 34 heavy (non-hydrogen) atoms. The summed E-state index contributed by atoms with van der Waals surface area (Å²) in [6, 6.07) is 10.2. The topological polar surface area (TPSA) is 72.3 Å². The third-order valence-electron chi connectivity index (χ3n) is 6.61. The molecular formula is C26H32FN5O2. The smallest absolute Gasteiger partial charge is 0.224 e. The number of ether oxygens (including phenoxy) is 1. The molecule has 2 heterocycles. The van der Waals surface area contributed by atoms with E-state index in [9.17, 15) is 9.18 Å². The van der Waals surface area contributed by atoms with Crippen molar-refractivity contribution in [3.05, 3.63) is 76.1 Å². The number of halogens is 1. The number of rotatable bonds is 8. The van der Waals surface area contributed by atoms with Crippen molar-refractivity contribution in [2.24, 2.45) is 0 Å². The predicted molar refractivity (Wildman–Crippen MR) is 128 cm³/mol. The van der Waals surface area contributed by atoms with Gasteiger partial charge in [0.15, 0.2) is 0 Å². The third kappa shape index (κ3) is 5.62. The standard InChI is InChI=1S/C26H32FN5O2/c1-18-19(2)23(34-3)9-6-21(18)17-31-13-11-25-30-29-24(32(25)15-14-31)10-12-28-26(33)16-20-4-7-22(27)8-5-20/h4-9H,10-17H2,1-3H3,(H,28,33). The van der Waals surface area contributed by atoms with Gasteiger partial charge in [0.05, 0.1) is 13.5 Å². The summed E-state index contributed by atoms with van der Waals surface area (Å²) < 4.78 is 20.7. The fourth-order valence-electron chi connectivity index (χ4n) is 4.42. The first-order chi connectivity index (χ1) is 16.4. The number of nitrogens with zero attached hydrogens (tertiary/aromatic N) is 4. The maximum atomic E-state index is 13.0. The van der Waals surface area contributed by atoms with E-state index in [4.69, 9.17) is 4.74 Å². The number of carbonyl (C=O) groups excluding carboxylic acids is 1. The molecule has 0 unspecified atom stereocenters. The Morgan fingerprint density at radius 3 is 2.62 bits per heavy atom. The van der Waals surface area contributed by atoms with Crippen LogP contribution in [0.3, 0.4) is 0 Å². The first-order valence-electron chi connectivity index (χ1n) is 11.7.